The number of hydrogen-bond donors (Lipinski definition) is 0. The Hall–Kier alpha value is -2.08. The molecule has 0 saturated carbocycles. The van der Waals surface area contributed by atoms with E-state index in [2.05, 4.69) is 33.6 Å². The molecule has 1 aliphatic heterocycles. The van der Waals surface area contributed by atoms with E-state index in [9.17, 15) is 4.79 Å². The maximum Gasteiger partial charge on any atom is 0.260 e. The number of hydrogen-bond acceptors (Lipinski definition) is 3. The molecule has 8 heteroatoms. The van der Waals surface area contributed by atoms with Crippen LogP contribution in [0.2, 0.25) is 10.0 Å². The van der Waals surface area contributed by atoms with Crippen LogP contribution in [0, 0.1) is 15.0 Å². The first-order valence-corrected chi connectivity index (χ1v) is 10.2. The van der Waals surface area contributed by atoms with Gasteiger partial charge in [0, 0.05) is 16.5 Å². The first-order valence-electron chi connectivity index (χ1n) is 8.37. The molecule has 0 radical (unpaired) electrons. The smallest absolute Gasteiger partial charge is 0.260 e. The van der Waals surface area contributed by atoms with Crippen molar-refractivity contribution in [2.75, 3.05) is 4.90 Å². The summed E-state index contributed by atoms with van der Waals surface area (Å²) in [5.74, 6) is 0.417. The van der Waals surface area contributed by atoms with Gasteiger partial charge in [-0.3, -0.25) is 9.36 Å². The second kappa shape index (κ2) is 7.07. The van der Waals surface area contributed by atoms with Gasteiger partial charge in [0.05, 0.1) is 23.5 Å². The van der Waals surface area contributed by atoms with Crippen molar-refractivity contribution in [3.8, 4) is 6.07 Å². The highest BCUT2D eigenvalue weighted by atomic mass is 127. The van der Waals surface area contributed by atoms with E-state index in [0.717, 1.165) is 9.26 Å². The molecule has 28 heavy (non-hydrogen) atoms. The Bertz CT molecular complexity index is 1120. The Labute approximate surface area is 185 Å². The minimum Gasteiger partial charge on any atom is -0.289 e. The molecule has 0 N–H and O–H groups in total. The number of carbonyl (C=O) groups is 1. The number of amides is 1. The number of imidazole rings is 1. The van der Waals surface area contributed by atoms with Gasteiger partial charge in [-0.15, -0.1) is 0 Å². The van der Waals surface area contributed by atoms with Gasteiger partial charge in [-0.2, -0.15) is 5.26 Å². The van der Waals surface area contributed by atoms with E-state index in [1.54, 1.807) is 41.4 Å². The van der Waals surface area contributed by atoms with Crippen molar-refractivity contribution >= 4 is 63.3 Å². The predicted molar refractivity (Wildman–Crippen MR) is 117 cm³/mol. The Balaban J connectivity index is 1.81. The zero-order valence-electron chi connectivity index (χ0n) is 14.7. The standard InChI is InChI=1S/C20H13Cl2IN4O/c1-20(9-12-2-4-13(10-24)5-3-12)18(28)26(19-25-11-17(23)27(19)20)16-7-14(21)6-15(22)8-16/h2-8,11H,9H2,1H3/t20-/m1/s1. The molecule has 0 spiro atoms. The normalized spacial score (nSPS) is 18.2. The SMILES string of the molecule is C[C@@]1(Cc2ccc(C#N)cc2)C(=O)N(c2cc(Cl)cc(Cl)c2)c2ncc(I)n21. The van der Waals surface area contributed by atoms with Crippen LogP contribution in [0.1, 0.15) is 18.1 Å². The Morgan fingerprint density at radius 1 is 1.18 bits per heavy atom. The van der Waals surface area contributed by atoms with E-state index in [1.165, 1.54) is 0 Å². The highest BCUT2D eigenvalue weighted by molar-refractivity contribution is 14.1. The van der Waals surface area contributed by atoms with E-state index < -0.39 is 5.54 Å². The van der Waals surface area contributed by atoms with Crippen LogP contribution in [-0.2, 0) is 16.8 Å². The van der Waals surface area contributed by atoms with E-state index in [0.29, 0.717) is 33.7 Å². The van der Waals surface area contributed by atoms with E-state index in [4.69, 9.17) is 28.5 Å². The van der Waals surface area contributed by atoms with Crippen molar-refractivity contribution in [2.24, 2.45) is 0 Å². The number of benzene rings is 2. The summed E-state index contributed by atoms with van der Waals surface area (Å²) in [6, 6.07) is 14.4. The number of anilines is 2. The molecule has 0 aliphatic carbocycles. The van der Waals surface area contributed by atoms with Crippen LogP contribution in [0.4, 0.5) is 11.6 Å². The third-order valence-corrected chi connectivity index (χ3v) is 5.99. The van der Waals surface area contributed by atoms with E-state index in [1.807, 2.05) is 23.6 Å². The van der Waals surface area contributed by atoms with Crippen LogP contribution >= 0.6 is 45.8 Å². The van der Waals surface area contributed by atoms with Gasteiger partial charge in [-0.25, -0.2) is 9.88 Å². The lowest BCUT2D eigenvalue weighted by Crippen LogP contribution is -2.41. The lowest BCUT2D eigenvalue weighted by Gasteiger charge is -2.26. The zero-order chi connectivity index (χ0) is 20.1. The molecule has 1 aliphatic rings. The van der Waals surface area contributed by atoms with Gasteiger partial charge in [0.2, 0.25) is 5.95 Å². The summed E-state index contributed by atoms with van der Waals surface area (Å²) >= 11 is 14.5. The number of carbonyl (C=O) groups excluding carboxylic acids is 1. The summed E-state index contributed by atoms with van der Waals surface area (Å²) < 4.78 is 2.79. The number of nitrogens with zero attached hydrogens (tertiary/aromatic N) is 4. The fourth-order valence-electron chi connectivity index (χ4n) is 3.51. The second-order valence-corrected chi connectivity index (χ2v) is 8.72. The summed E-state index contributed by atoms with van der Waals surface area (Å²) in [6.45, 7) is 1.90. The maximum absolute atomic E-state index is 13.6. The summed E-state index contributed by atoms with van der Waals surface area (Å²) in [6.07, 6.45) is 2.19. The highest BCUT2D eigenvalue weighted by Gasteiger charge is 2.50. The van der Waals surface area contributed by atoms with Crippen LogP contribution in [0.25, 0.3) is 0 Å². The molecule has 1 aromatic heterocycles. The summed E-state index contributed by atoms with van der Waals surface area (Å²) in [5, 5.41) is 9.90. The number of aromatic nitrogens is 2. The van der Waals surface area contributed by atoms with Crippen LogP contribution in [0.15, 0.2) is 48.7 Å². The van der Waals surface area contributed by atoms with Gasteiger partial charge in [0.15, 0.2) is 0 Å². The molecule has 2 heterocycles. The zero-order valence-corrected chi connectivity index (χ0v) is 18.3. The topological polar surface area (TPSA) is 61.9 Å². The molecule has 0 fully saturated rings. The highest BCUT2D eigenvalue weighted by Crippen LogP contribution is 2.43. The molecule has 0 bridgehead atoms. The summed E-state index contributed by atoms with van der Waals surface area (Å²) in [7, 11) is 0. The van der Waals surface area contributed by atoms with Gasteiger partial charge in [0.1, 0.15) is 9.24 Å². The van der Waals surface area contributed by atoms with Gasteiger partial charge >= 0.3 is 0 Å². The Kier molecular flexibility index (Phi) is 4.86. The molecule has 4 rings (SSSR count). The van der Waals surface area contributed by atoms with Gasteiger partial charge < -0.3 is 0 Å². The van der Waals surface area contributed by atoms with Crippen molar-refractivity contribution in [3.05, 3.63) is 73.5 Å². The van der Waals surface area contributed by atoms with Crippen molar-refractivity contribution in [1.82, 2.24) is 9.55 Å². The quantitative estimate of drug-likeness (QED) is 0.438. The minimum atomic E-state index is -0.870. The first kappa shape index (κ1) is 19.2. The third-order valence-electron chi connectivity index (χ3n) is 4.79. The van der Waals surface area contributed by atoms with Crippen LogP contribution in [-0.4, -0.2) is 15.5 Å². The number of rotatable bonds is 3. The largest absolute Gasteiger partial charge is 0.289 e. The monoisotopic (exact) mass is 522 g/mol. The molecule has 140 valence electrons. The first-order chi connectivity index (χ1) is 13.3. The molecule has 1 atom stereocenters. The average Bonchev–Trinajstić information content (AvgIpc) is 3.12. The molecule has 0 saturated heterocycles. The minimum absolute atomic E-state index is 0.115. The molecular weight excluding hydrogens is 510 g/mol. The molecule has 0 unspecified atom stereocenters. The van der Waals surface area contributed by atoms with Crippen molar-refractivity contribution in [2.45, 2.75) is 18.9 Å². The molecule has 1 amide bonds. The summed E-state index contributed by atoms with van der Waals surface area (Å²) in [5.41, 5.74) is 1.25. The van der Waals surface area contributed by atoms with Crippen molar-refractivity contribution in [3.63, 3.8) is 0 Å². The lowest BCUT2D eigenvalue weighted by molar-refractivity contribution is -0.124. The van der Waals surface area contributed by atoms with Gasteiger partial charge in [-0.05, 0) is 65.4 Å². The third kappa shape index (κ3) is 3.08. The summed E-state index contributed by atoms with van der Waals surface area (Å²) in [4.78, 5) is 19.6. The predicted octanol–water partition coefficient (Wildman–Crippen LogP) is 5.30. The van der Waals surface area contributed by atoms with Crippen LogP contribution in [0.5, 0.6) is 0 Å². The Morgan fingerprint density at radius 3 is 2.43 bits per heavy atom. The Morgan fingerprint density at radius 2 is 1.82 bits per heavy atom. The second-order valence-electron chi connectivity index (χ2n) is 6.74. The average molecular weight is 523 g/mol. The number of nitriles is 1. The van der Waals surface area contributed by atoms with E-state index in [-0.39, 0.29) is 5.91 Å². The maximum atomic E-state index is 13.6. The molecular formula is C20H13Cl2IN4O. The van der Waals surface area contributed by atoms with Crippen LogP contribution in [0.3, 0.4) is 0 Å². The van der Waals surface area contributed by atoms with Gasteiger partial charge in [-0.1, -0.05) is 35.3 Å². The molecule has 5 nitrogen and oxygen atoms in total. The number of fused-ring (bicyclic) bond motifs is 1. The lowest BCUT2D eigenvalue weighted by atomic mass is 9.91. The van der Waals surface area contributed by atoms with Crippen molar-refractivity contribution < 1.29 is 4.79 Å². The fraction of sp³-hybridized carbons (Fsp3) is 0.150. The fourth-order valence-corrected chi connectivity index (χ4v) is 4.92. The van der Waals surface area contributed by atoms with Crippen LogP contribution < -0.4 is 4.90 Å². The number of halogens is 3. The van der Waals surface area contributed by atoms with Gasteiger partial charge in [0.25, 0.3) is 5.91 Å². The van der Waals surface area contributed by atoms with Crippen molar-refractivity contribution in [1.29, 1.82) is 5.26 Å². The molecule has 3 aromatic rings. The molecule has 2 aromatic carbocycles. The van der Waals surface area contributed by atoms with E-state index >= 15 is 0 Å².